The third-order valence-corrected chi connectivity index (χ3v) is 6.99. The highest BCUT2D eigenvalue weighted by Gasteiger charge is 2.24. The van der Waals surface area contributed by atoms with Gasteiger partial charge in [-0.1, -0.05) is 30.3 Å². The zero-order valence-electron chi connectivity index (χ0n) is 21.8. The standard InChI is InChI=1S/C30H32N4O3/c1-20-15-26-27(16-21(20)2)32-29(28(31-26)22-9-6-5-7-10-22)33-11-8-12-34(14-13-33)30(35)23-17-24(36-3)19-25(18-23)37-4/h5-7,9-10,15-19H,8,11-14H2,1-4H3. The highest BCUT2D eigenvalue weighted by molar-refractivity contribution is 5.95. The Labute approximate surface area is 217 Å². The number of nitrogens with zero attached hydrogens (tertiary/aromatic N) is 4. The van der Waals surface area contributed by atoms with Crippen LogP contribution in [0.1, 0.15) is 27.9 Å². The molecule has 1 amide bonds. The van der Waals surface area contributed by atoms with Gasteiger partial charge in [0, 0.05) is 43.4 Å². The summed E-state index contributed by atoms with van der Waals surface area (Å²) < 4.78 is 10.7. The number of anilines is 1. The van der Waals surface area contributed by atoms with Crippen molar-refractivity contribution in [3.8, 4) is 22.8 Å². The maximum atomic E-state index is 13.4. The Morgan fingerprint density at radius 2 is 1.43 bits per heavy atom. The third kappa shape index (κ3) is 5.07. The van der Waals surface area contributed by atoms with E-state index in [1.165, 1.54) is 11.1 Å². The number of carbonyl (C=O) groups excluding carboxylic acids is 1. The lowest BCUT2D eigenvalue weighted by Gasteiger charge is -2.25. The second kappa shape index (κ2) is 10.5. The molecule has 2 heterocycles. The Bertz CT molecular complexity index is 1420. The molecular formula is C30H32N4O3. The van der Waals surface area contributed by atoms with E-state index >= 15 is 0 Å². The molecule has 0 unspecified atom stereocenters. The fourth-order valence-corrected chi connectivity index (χ4v) is 4.76. The highest BCUT2D eigenvalue weighted by atomic mass is 16.5. The number of carbonyl (C=O) groups is 1. The number of hydrogen-bond acceptors (Lipinski definition) is 6. The number of benzene rings is 3. The van der Waals surface area contributed by atoms with Crippen LogP contribution in [0.4, 0.5) is 5.82 Å². The lowest BCUT2D eigenvalue weighted by atomic mass is 10.1. The van der Waals surface area contributed by atoms with E-state index in [2.05, 4.69) is 43.0 Å². The van der Waals surface area contributed by atoms with E-state index in [1.54, 1.807) is 32.4 Å². The molecule has 0 N–H and O–H groups in total. The third-order valence-electron chi connectivity index (χ3n) is 6.99. The van der Waals surface area contributed by atoms with E-state index in [0.29, 0.717) is 36.7 Å². The van der Waals surface area contributed by atoms with Crippen molar-refractivity contribution in [2.45, 2.75) is 20.3 Å². The zero-order chi connectivity index (χ0) is 25.9. The fourth-order valence-electron chi connectivity index (χ4n) is 4.76. The number of aromatic nitrogens is 2. The molecule has 0 bridgehead atoms. The van der Waals surface area contributed by atoms with Crippen molar-refractivity contribution in [1.29, 1.82) is 0 Å². The van der Waals surface area contributed by atoms with Crippen molar-refractivity contribution in [3.63, 3.8) is 0 Å². The molecule has 7 nitrogen and oxygen atoms in total. The van der Waals surface area contributed by atoms with Gasteiger partial charge in [-0.2, -0.15) is 0 Å². The van der Waals surface area contributed by atoms with E-state index in [-0.39, 0.29) is 5.91 Å². The Hall–Kier alpha value is -4.13. The van der Waals surface area contributed by atoms with E-state index < -0.39 is 0 Å². The molecule has 7 heteroatoms. The zero-order valence-corrected chi connectivity index (χ0v) is 21.8. The van der Waals surface area contributed by atoms with E-state index in [9.17, 15) is 4.79 Å². The van der Waals surface area contributed by atoms with Crippen LogP contribution in [-0.2, 0) is 0 Å². The van der Waals surface area contributed by atoms with Crippen LogP contribution in [-0.4, -0.2) is 61.2 Å². The van der Waals surface area contributed by atoms with E-state index in [0.717, 1.165) is 41.1 Å². The molecule has 4 aromatic rings. The maximum Gasteiger partial charge on any atom is 0.254 e. The summed E-state index contributed by atoms with van der Waals surface area (Å²) in [7, 11) is 3.18. The largest absolute Gasteiger partial charge is 0.497 e. The van der Waals surface area contributed by atoms with Crippen molar-refractivity contribution in [3.05, 3.63) is 77.4 Å². The predicted octanol–water partition coefficient (Wildman–Crippen LogP) is 5.28. The molecule has 1 aliphatic heterocycles. The first-order valence-corrected chi connectivity index (χ1v) is 12.6. The molecule has 37 heavy (non-hydrogen) atoms. The molecule has 1 fully saturated rings. The summed E-state index contributed by atoms with van der Waals surface area (Å²) in [4.78, 5) is 27.8. The van der Waals surface area contributed by atoms with Crippen LogP contribution in [0.2, 0.25) is 0 Å². The molecule has 1 aromatic heterocycles. The van der Waals surface area contributed by atoms with Gasteiger partial charge in [-0.05, 0) is 55.7 Å². The van der Waals surface area contributed by atoms with E-state index in [1.807, 2.05) is 23.1 Å². The second-order valence-corrected chi connectivity index (χ2v) is 9.42. The first-order valence-electron chi connectivity index (χ1n) is 12.6. The minimum atomic E-state index is -0.0296. The van der Waals surface area contributed by atoms with Gasteiger partial charge in [0.2, 0.25) is 0 Å². The number of rotatable bonds is 5. The molecule has 3 aromatic carbocycles. The van der Waals surface area contributed by atoms with Crippen LogP contribution in [0.3, 0.4) is 0 Å². The summed E-state index contributed by atoms with van der Waals surface area (Å²) in [6.07, 6.45) is 0.827. The monoisotopic (exact) mass is 496 g/mol. The van der Waals surface area contributed by atoms with Gasteiger partial charge < -0.3 is 19.3 Å². The first-order chi connectivity index (χ1) is 18.0. The topological polar surface area (TPSA) is 67.8 Å². The SMILES string of the molecule is COc1cc(OC)cc(C(=O)N2CCCN(c3nc4cc(C)c(C)cc4nc3-c3ccccc3)CC2)c1. The Kier molecular flexibility index (Phi) is 6.95. The van der Waals surface area contributed by atoms with Gasteiger partial charge in [-0.15, -0.1) is 0 Å². The van der Waals surface area contributed by atoms with Crippen LogP contribution in [0.5, 0.6) is 11.5 Å². The molecular weight excluding hydrogens is 464 g/mol. The van der Waals surface area contributed by atoms with E-state index in [4.69, 9.17) is 19.4 Å². The molecule has 0 radical (unpaired) electrons. The van der Waals surface area contributed by atoms with Gasteiger partial charge in [0.25, 0.3) is 5.91 Å². The van der Waals surface area contributed by atoms with Crippen molar-refractivity contribution in [2.24, 2.45) is 0 Å². The summed E-state index contributed by atoms with van der Waals surface area (Å²) in [6.45, 7) is 6.90. The minimum absolute atomic E-state index is 0.0296. The Morgan fingerprint density at radius 1 is 0.784 bits per heavy atom. The van der Waals surface area contributed by atoms with Gasteiger partial charge >= 0.3 is 0 Å². The van der Waals surface area contributed by atoms with Gasteiger partial charge in [0.15, 0.2) is 5.82 Å². The summed E-state index contributed by atoms with van der Waals surface area (Å²) in [5.74, 6) is 2.03. The van der Waals surface area contributed by atoms with Crippen LogP contribution >= 0.6 is 0 Å². The first kappa shape index (κ1) is 24.6. The van der Waals surface area contributed by atoms with Gasteiger partial charge in [-0.25, -0.2) is 9.97 Å². The average Bonchev–Trinajstić information content (AvgIpc) is 3.19. The van der Waals surface area contributed by atoms with Crippen molar-refractivity contribution in [1.82, 2.24) is 14.9 Å². The van der Waals surface area contributed by atoms with Gasteiger partial charge in [-0.3, -0.25) is 4.79 Å². The molecule has 1 aliphatic rings. The summed E-state index contributed by atoms with van der Waals surface area (Å²) in [6, 6.07) is 19.7. The maximum absolute atomic E-state index is 13.4. The molecule has 1 saturated heterocycles. The highest BCUT2D eigenvalue weighted by Crippen LogP contribution is 2.31. The van der Waals surface area contributed by atoms with Crippen molar-refractivity contribution in [2.75, 3.05) is 45.3 Å². The lowest BCUT2D eigenvalue weighted by Crippen LogP contribution is -2.35. The quantitative estimate of drug-likeness (QED) is 0.374. The second-order valence-electron chi connectivity index (χ2n) is 9.42. The summed E-state index contributed by atoms with van der Waals surface area (Å²) >= 11 is 0. The molecule has 0 atom stereocenters. The number of hydrogen-bond donors (Lipinski definition) is 0. The van der Waals surface area contributed by atoms with Crippen LogP contribution in [0, 0.1) is 13.8 Å². The number of amides is 1. The van der Waals surface area contributed by atoms with Crippen LogP contribution in [0.25, 0.3) is 22.3 Å². The summed E-state index contributed by atoms with van der Waals surface area (Å²) in [5.41, 5.74) is 6.64. The molecule has 0 aliphatic carbocycles. The number of fused-ring (bicyclic) bond motifs is 1. The van der Waals surface area contributed by atoms with Gasteiger partial charge in [0.1, 0.15) is 17.2 Å². The fraction of sp³-hybridized carbons (Fsp3) is 0.300. The average molecular weight is 497 g/mol. The normalized spacial score (nSPS) is 13.9. The number of aryl methyl sites for hydroxylation is 2. The van der Waals surface area contributed by atoms with Crippen molar-refractivity contribution < 1.29 is 14.3 Å². The molecule has 190 valence electrons. The number of methoxy groups -OCH3 is 2. The smallest absolute Gasteiger partial charge is 0.254 e. The molecule has 0 spiro atoms. The summed E-state index contributed by atoms with van der Waals surface area (Å²) in [5, 5.41) is 0. The van der Waals surface area contributed by atoms with Crippen molar-refractivity contribution >= 4 is 22.8 Å². The van der Waals surface area contributed by atoms with Gasteiger partial charge in [0.05, 0.1) is 25.3 Å². The molecule has 5 rings (SSSR count). The predicted molar refractivity (Wildman–Crippen MR) is 147 cm³/mol. The number of ether oxygens (including phenoxy) is 2. The van der Waals surface area contributed by atoms with Crippen LogP contribution < -0.4 is 14.4 Å². The lowest BCUT2D eigenvalue weighted by molar-refractivity contribution is 0.0766. The van der Waals surface area contributed by atoms with Crippen LogP contribution in [0.15, 0.2) is 60.7 Å². The Morgan fingerprint density at radius 3 is 2.08 bits per heavy atom. The molecule has 0 saturated carbocycles. The Balaban J connectivity index is 1.47. The minimum Gasteiger partial charge on any atom is -0.497 e.